The van der Waals surface area contributed by atoms with Crippen molar-refractivity contribution < 1.29 is 14.4 Å². The molecular weight excluding hydrogens is 316 g/mol. The van der Waals surface area contributed by atoms with E-state index in [1.807, 2.05) is 13.8 Å². The summed E-state index contributed by atoms with van der Waals surface area (Å²) in [5.41, 5.74) is -0.902. The summed E-state index contributed by atoms with van der Waals surface area (Å²) < 4.78 is 0. The maximum absolute atomic E-state index is 11.7. The van der Waals surface area contributed by atoms with Gasteiger partial charge in [0, 0.05) is 16.5 Å². The SMILES string of the molecule is CC(C)C(=O)Sc1ccc(NCC(=O)C(=O)C(C)(C)N=O)cc1. The molecule has 0 atom stereocenters. The minimum atomic E-state index is -1.55. The first-order valence-corrected chi connectivity index (χ1v) is 7.97. The highest BCUT2D eigenvalue weighted by Crippen LogP contribution is 2.23. The van der Waals surface area contributed by atoms with E-state index < -0.39 is 17.1 Å². The Morgan fingerprint density at radius 2 is 1.74 bits per heavy atom. The Hall–Kier alpha value is -2.02. The van der Waals surface area contributed by atoms with Gasteiger partial charge < -0.3 is 5.32 Å². The average Bonchev–Trinajstić information content (AvgIpc) is 2.52. The summed E-state index contributed by atoms with van der Waals surface area (Å²) in [7, 11) is 0. The molecule has 0 aliphatic rings. The van der Waals surface area contributed by atoms with Crippen LogP contribution in [0.5, 0.6) is 0 Å². The summed E-state index contributed by atoms with van der Waals surface area (Å²) in [6.07, 6.45) is 0. The van der Waals surface area contributed by atoms with Gasteiger partial charge in [-0.1, -0.05) is 30.8 Å². The van der Waals surface area contributed by atoms with Crippen molar-refractivity contribution in [2.75, 3.05) is 11.9 Å². The number of thioether (sulfide) groups is 1. The monoisotopic (exact) mass is 336 g/mol. The zero-order valence-corrected chi connectivity index (χ0v) is 14.4. The molecule has 0 unspecified atom stereocenters. The van der Waals surface area contributed by atoms with Crippen LogP contribution in [0.1, 0.15) is 27.7 Å². The number of benzene rings is 1. The largest absolute Gasteiger partial charge is 0.377 e. The molecule has 0 bridgehead atoms. The molecule has 1 aromatic carbocycles. The number of nitrogens with one attached hydrogen (secondary N) is 1. The third-order valence-corrected chi connectivity index (χ3v) is 4.21. The van der Waals surface area contributed by atoms with Gasteiger partial charge in [0.2, 0.25) is 11.6 Å². The maximum atomic E-state index is 11.7. The Morgan fingerprint density at radius 3 is 2.22 bits per heavy atom. The zero-order chi connectivity index (χ0) is 17.6. The molecular formula is C16H20N2O4S. The summed E-state index contributed by atoms with van der Waals surface area (Å²) >= 11 is 1.16. The molecule has 6 nitrogen and oxygen atoms in total. The number of rotatable bonds is 8. The van der Waals surface area contributed by atoms with Crippen LogP contribution in [0.15, 0.2) is 34.3 Å². The van der Waals surface area contributed by atoms with Gasteiger partial charge in [0.05, 0.1) is 6.54 Å². The highest BCUT2D eigenvalue weighted by molar-refractivity contribution is 8.13. The Bertz CT molecular complexity index is 609. The van der Waals surface area contributed by atoms with Gasteiger partial charge in [-0.3, -0.25) is 14.4 Å². The van der Waals surface area contributed by atoms with Gasteiger partial charge in [0.15, 0.2) is 10.7 Å². The molecule has 1 N–H and O–H groups in total. The van der Waals surface area contributed by atoms with Crippen molar-refractivity contribution in [3.8, 4) is 0 Å². The molecule has 124 valence electrons. The van der Waals surface area contributed by atoms with Crippen molar-refractivity contribution in [3.05, 3.63) is 29.2 Å². The minimum Gasteiger partial charge on any atom is -0.377 e. The Morgan fingerprint density at radius 1 is 1.17 bits per heavy atom. The van der Waals surface area contributed by atoms with E-state index in [4.69, 9.17) is 0 Å². The van der Waals surface area contributed by atoms with Gasteiger partial charge in [0.25, 0.3) is 0 Å². The van der Waals surface area contributed by atoms with E-state index in [2.05, 4.69) is 10.5 Å². The number of nitrogens with zero attached hydrogens (tertiary/aromatic N) is 1. The number of anilines is 1. The molecule has 0 saturated heterocycles. The summed E-state index contributed by atoms with van der Waals surface area (Å²) in [4.78, 5) is 46.5. The van der Waals surface area contributed by atoms with Crippen LogP contribution in [0.25, 0.3) is 0 Å². The molecule has 1 rings (SSSR count). The second-order valence-corrected chi connectivity index (χ2v) is 6.93. The molecule has 0 amide bonds. The summed E-state index contributed by atoms with van der Waals surface area (Å²) in [5, 5.41) is 5.56. The highest BCUT2D eigenvalue weighted by atomic mass is 32.2. The predicted octanol–water partition coefficient (Wildman–Crippen LogP) is 3.06. The van der Waals surface area contributed by atoms with E-state index in [9.17, 15) is 19.3 Å². The van der Waals surface area contributed by atoms with Crippen LogP contribution in [0.4, 0.5) is 5.69 Å². The molecule has 0 aliphatic carbocycles. The van der Waals surface area contributed by atoms with Crippen LogP contribution in [0.3, 0.4) is 0 Å². The van der Waals surface area contributed by atoms with E-state index in [1.54, 1.807) is 24.3 Å². The van der Waals surface area contributed by atoms with Crippen LogP contribution in [-0.2, 0) is 14.4 Å². The van der Waals surface area contributed by atoms with Crippen molar-refractivity contribution in [2.24, 2.45) is 11.1 Å². The Labute approximate surface area is 139 Å². The molecule has 0 aliphatic heterocycles. The summed E-state index contributed by atoms with van der Waals surface area (Å²) in [6.45, 7) is 6.07. The van der Waals surface area contributed by atoms with Gasteiger partial charge in [-0.2, -0.15) is 0 Å². The summed E-state index contributed by atoms with van der Waals surface area (Å²) in [5.74, 6) is -1.58. The number of carbonyl (C=O) groups is 3. The highest BCUT2D eigenvalue weighted by Gasteiger charge is 2.33. The summed E-state index contributed by atoms with van der Waals surface area (Å²) in [6, 6.07) is 6.96. The lowest BCUT2D eigenvalue weighted by molar-refractivity contribution is -0.138. The van der Waals surface area contributed by atoms with Crippen molar-refractivity contribution >= 4 is 34.1 Å². The fourth-order valence-corrected chi connectivity index (χ4v) is 2.26. The Balaban J connectivity index is 2.59. The van der Waals surface area contributed by atoms with E-state index in [1.165, 1.54) is 13.8 Å². The molecule has 23 heavy (non-hydrogen) atoms. The van der Waals surface area contributed by atoms with Gasteiger partial charge in [-0.25, -0.2) is 0 Å². The topological polar surface area (TPSA) is 92.7 Å². The lowest BCUT2D eigenvalue weighted by atomic mass is 9.97. The number of ketones is 2. The lowest BCUT2D eigenvalue weighted by Crippen LogP contribution is -2.38. The maximum Gasteiger partial charge on any atom is 0.230 e. The van der Waals surface area contributed by atoms with Crippen LogP contribution in [0, 0.1) is 10.8 Å². The van der Waals surface area contributed by atoms with E-state index in [0.29, 0.717) is 5.69 Å². The molecule has 0 heterocycles. The second-order valence-electron chi connectivity index (χ2n) is 5.86. The number of hydrogen-bond donors (Lipinski definition) is 1. The van der Waals surface area contributed by atoms with Crippen LogP contribution >= 0.6 is 11.8 Å². The van der Waals surface area contributed by atoms with Crippen LogP contribution in [-0.4, -0.2) is 28.8 Å². The molecule has 0 spiro atoms. The fourth-order valence-electron chi connectivity index (χ4n) is 1.52. The number of nitroso groups, excluding NO2 is 1. The third-order valence-electron chi connectivity index (χ3n) is 3.03. The van der Waals surface area contributed by atoms with Crippen molar-refractivity contribution in [2.45, 2.75) is 38.1 Å². The number of carbonyl (C=O) groups excluding carboxylic acids is 3. The minimum absolute atomic E-state index is 0.0452. The van der Waals surface area contributed by atoms with Crippen molar-refractivity contribution in [3.63, 3.8) is 0 Å². The van der Waals surface area contributed by atoms with Crippen LogP contribution in [0.2, 0.25) is 0 Å². The molecule has 0 saturated carbocycles. The zero-order valence-electron chi connectivity index (χ0n) is 13.6. The van der Waals surface area contributed by atoms with Gasteiger partial charge in [-0.05, 0) is 38.1 Å². The standard InChI is InChI=1S/C16H20N2O4S/c1-10(2)15(21)23-12-7-5-11(6-8-12)17-9-13(19)14(20)16(3,4)18-22/h5-8,10,17H,9H2,1-4H3. The number of hydrogen-bond acceptors (Lipinski definition) is 7. The van der Waals surface area contributed by atoms with Gasteiger partial charge in [-0.15, -0.1) is 4.91 Å². The first-order chi connectivity index (χ1) is 10.7. The molecule has 0 aromatic heterocycles. The van der Waals surface area contributed by atoms with E-state index in [-0.39, 0.29) is 17.6 Å². The second kappa shape index (κ2) is 8.01. The smallest absolute Gasteiger partial charge is 0.230 e. The van der Waals surface area contributed by atoms with Crippen molar-refractivity contribution in [1.82, 2.24) is 0 Å². The van der Waals surface area contributed by atoms with Crippen molar-refractivity contribution in [1.29, 1.82) is 0 Å². The quantitative estimate of drug-likeness (QED) is 0.445. The first-order valence-electron chi connectivity index (χ1n) is 7.15. The first kappa shape index (κ1) is 19.0. The fraction of sp³-hybridized carbons (Fsp3) is 0.438. The van der Waals surface area contributed by atoms with Crippen LogP contribution < -0.4 is 5.32 Å². The normalized spacial score (nSPS) is 11.2. The van der Waals surface area contributed by atoms with E-state index in [0.717, 1.165) is 16.7 Å². The molecule has 0 radical (unpaired) electrons. The lowest BCUT2D eigenvalue weighted by Gasteiger charge is -2.13. The predicted molar refractivity (Wildman–Crippen MR) is 90.5 cm³/mol. The number of Topliss-reactive ketones (excluding diaryl/α,β-unsaturated/α-hetero) is 2. The average molecular weight is 336 g/mol. The van der Waals surface area contributed by atoms with Gasteiger partial charge in [0.1, 0.15) is 0 Å². The molecule has 0 fully saturated rings. The Kier molecular flexibility index (Phi) is 6.62. The van der Waals surface area contributed by atoms with Gasteiger partial charge >= 0.3 is 0 Å². The molecule has 7 heteroatoms. The van der Waals surface area contributed by atoms with E-state index >= 15 is 0 Å². The third kappa shape index (κ3) is 5.59. The molecule has 1 aromatic rings.